The van der Waals surface area contributed by atoms with Crippen LogP contribution in [0, 0.1) is 0 Å². The molecule has 2 amide bonds. The van der Waals surface area contributed by atoms with Crippen molar-refractivity contribution >= 4 is 29.3 Å². The molecule has 2 N–H and O–H groups in total. The van der Waals surface area contributed by atoms with E-state index in [9.17, 15) is 9.59 Å². The molecule has 0 radical (unpaired) electrons. The van der Waals surface area contributed by atoms with Gasteiger partial charge in [0.15, 0.2) is 0 Å². The number of carbonyl (C=O) groups is 2. The lowest BCUT2D eigenvalue weighted by atomic mass is 10.1. The van der Waals surface area contributed by atoms with Gasteiger partial charge in [0.25, 0.3) is 0 Å². The van der Waals surface area contributed by atoms with Crippen LogP contribution in [0.2, 0.25) is 0 Å². The van der Waals surface area contributed by atoms with Gasteiger partial charge >= 0.3 is 0 Å². The second-order valence-corrected chi connectivity index (χ2v) is 6.54. The molecular formula is C20H24N2O3S. The molecule has 0 unspecified atom stereocenters. The fourth-order valence-electron chi connectivity index (χ4n) is 2.32. The van der Waals surface area contributed by atoms with Crippen molar-refractivity contribution in [3.8, 4) is 5.75 Å². The number of carbonyl (C=O) groups excluding carboxylic acids is 2. The van der Waals surface area contributed by atoms with Crippen LogP contribution in [-0.2, 0) is 16.0 Å². The van der Waals surface area contributed by atoms with Crippen molar-refractivity contribution in [3.05, 3.63) is 60.2 Å². The minimum Gasteiger partial charge on any atom is -0.492 e. The van der Waals surface area contributed by atoms with Gasteiger partial charge in [-0.05, 0) is 31.0 Å². The van der Waals surface area contributed by atoms with Gasteiger partial charge in [-0.2, -0.15) is 0 Å². The number of rotatable bonds is 10. The summed E-state index contributed by atoms with van der Waals surface area (Å²) < 4.78 is 5.48. The molecular weight excluding hydrogens is 348 g/mol. The van der Waals surface area contributed by atoms with Gasteiger partial charge in [-0.15, -0.1) is 11.8 Å². The van der Waals surface area contributed by atoms with Crippen LogP contribution < -0.4 is 15.4 Å². The molecule has 0 spiro atoms. The summed E-state index contributed by atoms with van der Waals surface area (Å²) in [6.45, 7) is 3.02. The highest BCUT2D eigenvalue weighted by Gasteiger charge is 2.09. The third kappa shape index (κ3) is 7.19. The Morgan fingerprint density at radius 1 is 0.962 bits per heavy atom. The second kappa shape index (κ2) is 11.2. The molecule has 2 rings (SSSR count). The van der Waals surface area contributed by atoms with Crippen molar-refractivity contribution in [3.63, 3.8) is 0 Å². The van der Waals surface area contributed by atoms with E-state index in [2.05, 4.69) is 10.6 Å². The first-order chi connectivity index (χ1) is 12.7. The Morgan fingerprint density at radius 2 is 1.65 bits per heavy atom. The van der Waals surface area contributed by atoms with E-state index >= 15 is 0 Å². The average molecular weight is 372 g/mol. The van der Waals surface area contributed by atoms with Gasteiger partial charge in [-0.25, -0.2) is 0 Å². The Balaban J connectivity index is 1.64. The van der Waals surface area contributed by atoms with Crippen LogP contribution in [0.25, 0.3) is 0 Å². The van der Waals surface area contributed by atoms with Crippen molar-refractivity contribution in [1.29, 1.82) is 0 Å². The molecule has 0 aliphatic rings. The van der Waals surface area contributed by atoms with E-state index in [1.165, 1.54) is 17.3 Å². The fourth-order valence-corrected chi connectivity index (χ4v) is 2.96. The molecule has 0 atom stereocenters. The lowest BCUT2D eigenvalue weighted by Crippen LogP contribution is -2.28. The Morgan fingerprint density at radius 3 is 2.42 bits per heavy atom. The molecule has 2 aromatic carbocycles. The van der Waals surface area contributed by atoms with Crippen LogP contribution in [0.4, 0.5) is 5.69 Å². The van der Waals surface area contributed by atoms with E-state index < -0.39 is 0 Å². The molecule has 0 heterocycles. The first-order valence-corrected chi connectivity index (χ1v) is 9.74. The summed E-state index contributed by atoms with van der Waals surface area (Å²) in [6.07, 6.45) is 0.798. The Kier molecular flexibility index (Phi) is 8.55. The summed E-state index contributed by atoms with van der Waals surface area (Å²) in [5, 5.41) is 5.69. The molecule has 2 aromatic rings. The molecule has 0 fully saturated rings. The highest BCUT2D eigenvalue weighted by Crippen LogP contribution is 2.23. The molecule has 0 aromatic heterocycles. The van der Waals surface area contributed by atoms with Crippen molar-refractivity contribution in [1.82, 2.24) is 5.32 Å². The number of para-hydroxylation sites is 2. The highest BCUT2D eigenvalue weighted by molar-refractivity contribution is 8.00. The lowest BCUT2D eigenvalue weighted by molar-refractivity contribution is -0.118. The lowest BCUT2D eigenvalue weighted by Gasteiger charge is -2.11. The van der Waals surface area contributed by atoms with Crippen LogP contribution in [0.15, 0.2) is 54.6 Å². The predicted octanol–water partition coefficient (Wildman–Crippen LogP) is 3.12. The Bertz CT molecular complexity index is 707. The van der Waals surface area contributed by atoms with Crippen LogP contribution in [0.1, 0.15) is 12.5 Å². The van der Waals surface area contributed by atoms with Gasteiger partial charge in [0.05, 0.1) is 23.8 Å². The molecule has 26 heavy (non-hydrogen) atoms. The molecule has 0 saturated heterocycles. The maximum absolute atomic E-state index is 12.0. The SMILES string of the molecule is CCOc1ccccc1NC(=O)CSCC(=O)NCCc1ccccc1. The number of benzene rings is 2. The van der Waals surface area contributed by atoms with Gasteiger partial charge in [0.2, 0.25) is 11.8 Å². The second-order valence-electron chi connectivity index (χ2n) is 5.56. The first-order valence-electron chi connectivity index (χ1n) is 8.59. The number of ether oxygens (including phenoxy) is 1. The van der Waals surface area contributed by atoms with Crippen molar-refractivity contribution in [2.75, 3.05) is 30.0 Å². The predicted molar refractivity (Wildman–Crippen MR) is 107 cm³/mol. The topological polar surface area (TPSA) is 67.4 Å². The van der Waals surface area contributed by atoms with Gasteiger partial charge in [0, 0.05) is 6.54 Å². The number of hydrogen-bond acceptors (Lipinski definition) is 4. The summed E-state index contributed by atoms with van der Waals surface area (Å²) in [6, 6.07) is 17.3. The van der Waals surface area contributed by atoms with Crippen LogP contribution in [0.3, 0.4) is 0 Å². The van der Waals surface area contributed by atoms with Crippen molar-refractivity contribution in [2.24, 2.45) is 0 Å². The molecule has 0 aliphatic heterocycles. The minimum absolute atomic E-state index is 0.0616. The molecule has 0 bridgehead atoms. The standard InChI is InChI=1S/C20H24N2O3S/c1-2-25-18-11-7-6-10-17(18)22-20(24)15-26-14-19(23)21-13-12-16-8-4-3-5-9-16/h3-11H,2,12-15H2,1H3,(H,21,23)(H,22,24). The van der Waals surface area contributed by atoms with Gasteiger partial charge in [-0.3, -0.25) is 9.59 Å². The molecule has 0 aliphatic carbocycles. The smallest absolute Gasteiger partial charge is 0.234 e. The number of anilines is 1. The third-order valence-electron chi connectivity index (χ3n) is 3.51. The van der Waals surface area contributed by atoms with E-state index in [1.54, 1.807) is 6.07 Å². The van der Waals surface area contributed by atoms with Crippen LogP contribution in [0.5, 0.6) is 5.75 Å². The third-order valence-corrected chi connectivity index (χ3v) is 4.44. The number of nitrogens with one attached hydrogen (secondary N) is 2. The van der Waals surface area contributed by atoms with E-state index in [0.29, 0.717) is 24.6 Å². The maximum Gasteiger partial charge on any atom is 0.234 e. The summed E-state index contributed by atoms with van der Waals surface area (Å²) in [4.78, 5) is 23.9. The zero-order valence-electron chi connectivity index (χ0n) is 14.9. The molecule has 0 saturated carbocycles. The van der Waals surface area contributed by atoms with E-state index in [4.69, 9.17) is 4.74 Å². The number of thioether (sulfide) groups is 1. The first kappa shape index (κ1) is 19.8. The number of hydrogen-bond donors (Lipinski definition) is 2. The van der Waals surface area contributed by atoms with Gasteiger partial charge < -0.3 is 15.4 Å². The molecule has 6 heteroatoms. The van der Waals surface area contributed by atoms with Gasteiger partial charge in [-0.1, -0.05) is 42.5 Å². The maximum atomic E-state index is 12.0. The zero-order valence-corrected chi connectivity index (χ0v) is 15.7. The Labute approximate surface area is 158 Å². The van der Waals surface area contributed by atoms with Gasteiger partial charge in [0.1, 0.15) is 5.75 Å². The highest BCUT2D eigenvalue weighted by atomic mass is 32.2. The largest absolute Gasteiger partial charge is 0.492 e. The summed E-state index contributed by atoms with van der Waals surface area (Å²) in [5.41, 5.74) is 1.83. The van der Waals surface area contributed by atoms with Crippen LogP contribution >= 0.6 is 11.8 Å². The molecule has 5 nitrogen and oxygen atoms in total. The zero-order chi connectivity index (χ0) is 18.6. The fraction of sp³-hybridized carbons (Fsp3) is 0.300. The van der Waals surface area contributed by atoms with Crippen molar-refractivity contribution < 1.29 is 14.3 Å². The van der Waals surface area contributed by atoms with Crippen molar-refractivity contribution in [2.45, 2.75) is 13.3 Å². The number of amides is 2. The summed E-state index contributed by atoms with van der Waals surface area (Å²) >= 11 is 1.29. The minimum atomic E-state index is -0.153. The average Bonchev–Trinajstić information content (AvgIpc) is 2.64. The van der Waals surface area contributed by atoms with E-state index in [1.807, 2.05) is 55.5 Å². The molecule has 138 valence electrons. The summed E-state index contributed by atoms with van der Waals surface area (Å²) in [5.74, 6) is 0.904. The Hall–Kier alpha value is -2.47. The van der Waals surface area contributed by atoms with E-state index in [-0.39, 0.29) is 23.3 Å². The normalized spacial score (nSPS) is 10.2. The van der Waals surface area contributed by atoms with Crippen LogP contribution in [-0.4, -0.2) is 36.5 Å². The quantitative estimate of drug-likeness (QED) is 0.672. The summed E-state index contributed by atoms with van der Waals surface area (Å²) in [7, 11) is 0. The van der Waals surface area contributed by atoms with E-state index in [0.717, 1.165) is 6.42 Å². The monoisotopic (exact) mass is 372 g/mol.